The molecule has 0 aromatic rings. The van der Waals surface area contributed by atoms with Crippen molar-refractivity contribution in [2.45, 2.75) is 45.7 Å². The number of aliphatic imine (C=N–C) groups is 1. The van der Waals surface area contributed by atoms with Crippen molar-refractivity contribution in [2.75, 3.05) is 60.0 Å². The molecule has 6 heteroatoms. The third-order valence-corrected chi connectivity index (χ3v) is 5.37. The topological polar surface area (TPSA) is 52.1 Å². The highest BCUT2D eigenvalue weighted by Gasteiger charge is 2.32. The smallest absolute Gasteiger partial charge is 0.191 e. The molecule has 0 amide bonds. The highest BCUT2D eigenvalue weighted by Crippen LogP contribution is 2.34. The van der Waals surface area contributed by atoms with Crippen LogP contribution in [0.3, 0.4) is 0 Å². The van der Waals surface area contributed by atoms with Gasteiger partial charge in [0.15, 0.2) is 5.96 Å². The minimum absolute atomic E-state index is 0.479. The van der Waals surface area contributed by atoms with Crippen LogP contribution in [0.4, 0.5) is 0 Å². The Morgan fingerprint density at radius 3 is 2.40 bits per heavy atom. The van der Waals surface area contributed by atoms with E-state index >= 15 is 0 Å². The lowest BCUT2D eigenvalue weighted by Crippen LogP contribution is -2.49. The SMILES string of the molecule is CCNC(=NCC(C(C)C)N1CCOCC1)NCC(C1CC1)N(C)C. The molecule has 25 heavy (non-hydrogen) atoms. The van der Waals surface area contributed by atoms with Gasteiger partial charge in [-0.05, 0) is 45.7 Å². The number of rotatable bonds is 9. The molecule has 0 radical (unpaired) electrons. The van der Waals surface area contributed by atoms with Gasteiger partial charge in [-0.2, -0.15) is 0 Å². The van der Waals surface area contributed by atoms with Crippen molar-refractivity contribution in [2.24, 2.45) is 16.8 Å². The molecule has 2 rings (SSSR count). The van der Waals surface area contributed by atoms with E-state index in [1.807, 2.05) is 0 Å². The average molecular weight is 354 g/mol. The fourth-order valence-corrected chi connectivity index (χ4v) is 3.64. The Morgan fingerprint density at radius 1 is 1.20 bits per heavy atom. The molecule has 146 valence electrons. The van der Waals surface area contributed by atoms with E-state index < -0.39 is 0 Å². The molecular weight excluding hydrogens is 314 g/mol. The summed E-state index contributed by atoms with van der Waals surface area (Å²) < 4.78 is 5.50. The van der Waals surface area contributed by atoms with Crippen LogP contribution < -0.4 is 10.6 Å². The molecule has 1 saturated carbocycles. The van der Waals surface area contributed by atoms with Crippen molar-refractivity contribution >= 4 is 5.96 Å². The van der Waals surface area contributed by atoms with E-state index in [1.54, 1.807) is 0 Å². The van der Waals surface area contributed by atoms with E-state index in [1.165, 1.54) is 12.8 Å². The van der Waals surface area contributed by atoms with Gasteiger partial charge in [0.1, 0.15) is 0 Å². The number of guanidine groups is 1. The first-order valence-electron chi connectivity index (χ1n) is 10.0. The predicted molar refractivity (Wildman–Crippen MR) is 105 cm³/mol. The van der Waals surface area contributed by atoms with E-state index in [2.05, 4.69) is 55.3 Å². The monoisotopic (exact) mass is 353 g/mol. The Morgan fingerprint density at radius 2 is 1.88 bits per heavy atom. The second-order valence-electron chi connectivity index (χ2n) is 7.93. The van der Waals surface area contributed by atoms with Crippen LogP contribution >= 0.6 is 0 Å². The van der Waals surface area contributed by atoms with Gasteiger partial charge in [0.2, 0.25) is 0 Å². The molecule has 1 heterocycles. The van der Waals surface area contributed by atoms with Crippen molar-refractivity contribution in [3.63, 3.8) is 0 Å². The number of ether oxygens (including phenoxy) is 1. The molecule has 2 N–H and O–H groups in total. The van der Waals surface area contributed by atoms with Gasteiger partial charge in [-0.15, -0.1) is 0 Å². The first-order valence-corrected chi connectivity index (χ1v) is 10.0. The van der Waals surface area contributed by atoms with Crippen molar-refractivity contribution < 1.29 is 4.74 Å². The predicted octanol–water partition coefficient (Wildman–Crippen LogP) is 1.24. The molecule has 2 fully saturated rings. The number of hydrogen-bond donors (Lipinski definition) is 2. The quantitative estimate of drug-likeness (QED) is 0.482. The molecular formula is C19H39N5O. The lowest BCUT2D eigenvalue weighted by Gasteiger charge is -2.36. The van der Waals surface area contributed by atoms with Gasteiger partial charge in [0, 0.05) is 38.3 Å². The molecule has 2 atom stereocenters. The summed E-state index contributed by atoms with van der Waals surface area (Å²) in [5, 5.41) is 6.99. The average Bonchev–Trinajstić information content (AvgIpc) is 3.40. The van der Waals surface area contributed by atoms with E-state index in [4.69, 9.17) is 9.73 Å². The van der Waals surface area contributed by atoms with Crippen LogP contribution in [0, 0.1) is 11.8 Å². The van der Waals surface area contributed by atoms with Gasteiger partial charge in [-0.3, -0.25) is 9.89 Å². The molecule has 0 bridgehead atoms. The largest absolute Gasteiger partial charge is 0.379 e. The normalized spacial score (nSPS) is 22.3. The lowest BCUT2D eigenvalue weighted by molar-refractivity contribution is 0.00867. The Labute approximate surface area is 154 Å². The maximum Gasteiger partial charge on any atom is 0.191 e. The van der Waals surface area contributed by atoms with E-state index in [0.29, 0.717) is 18.0 Å². The number of nitrogens with zero attached hydrogens (tertiary/aromatic N) is 3. The van der Waals surface area contributed by atoms with E-state index in [-0.39, 0.29) is 0 Å². The molecule has 1 saturated heterocycles. The summed E-state index contributed by atoms with van der Waals surface area (Å²) in [5.74, 6) is 2.39. The minimum atomic E-state index is 0.479. The second kappa shape index (κ2) is 10.3. The number of nitrogens with one attached hydrogen (secondary N) is 2. The van der Waals surface area contributed by atoms with Crippen molar-refractivity contribution in [1.29, 1.82) is 0 Å². The van der Waals surface area contributed by atoms with E-state index in [9.17, 15) is 0 Å². The minimum Gasteiger partial charge on any atom is -0.379 e. The van der Waals surface area contributed by atoms with Crippen LogP contribution in [0.15, 0.2) is 4.99 Å². The van der Waals surface area contributed by atoms with Gasteiger partial charge in [0.25, 0.3) is 0 Å². The first kappa shape index (κ1) is 20.5. The number of morpholine rings is 1. The number of hydrogen-bond acceptors (Lipinski definition) is 4. The van der Waals surface area contributed by atoms with Crippen LogP contribution in [-0.2, 0) is 4.74 Å². The molecule has 6 nitrogen and oxygen atoms in total. The maximum atomic E-state index is 5.50. The summed E-state index contributed by atoms with van der Waals surface area (Å²) in [5.41, 5.74) is 0. The van der Waals surface area contributed by atoms with Crippen molar-refractivity contribution in [3.8, 4) is 0 Å². The van der Waals surface area contributed by atoms with Crippen LogP contribution in [0.25, 0.3) is 0 Å². The van der Waals surface area contributed by atoms with Gasteiger partial charge in [-0.25, -0.2) is 0 Å². The zero-order chi connectivity index (χ0) is 18.2. The lowest BCUT2D eigenvalue weighted by atomic mass is 10.0. The molecule has 0 spiro atoms. The van der Waals surface area contributed by atoms with Gasteiger partial charge in [-0.1, -0.05) is 13.8 Å². The third-order valence-electron chi connectivity index (χ3n) is 5.37. The summed E-state index contributed by atoms with van der Waals surface area (Å²) in [7, 11) is 4.36. The number of likely N-dealkylation sites (N-methyl/N-ethyl adjacent to an activating group) is 1. The summed E-state index contributed by atoms with van der Waals surface area (Å²) in [4.78, 5) is 9.80. The zero-order valence-corrected chi connectivity index (χ0v) is 16.9. The highest BCUT2D eigenvalue weighted by molar-refractivity contribution is 5.79. The van der Waals surface area contributed by atoms with Gasteiger partial charge >= 0.3 is 0 Å². The van der Waals surface area contributed by atoms with Crippen LogP contribution in [0.5, 0.6) is 0 Å². The van der Waals surface area contributed by atoms with Crippen LogP contribution in [-0.4, -0.2) is 87.9 Å². The fourth-order valence-electron chi connectivity index (χ4n) is 3.64. The summed E-state index contributed by atoms with van der Waals surface area (Å²) >= 11 is 0. The zero-order valence-electron chi connectivity index (χ0n) is 16.9. The molecule has 1 aliphatic carbocycles. The molecule has 2 unspecified atom stereocenters. The fraction of sp³-hybridized carbons (Fsp3) is 0.947. The van der Waals surface area contributed by atoms with E-state index in [0.717, 1.165) is 57.8 Å². The standard InChI is InChI=1S/C19H39N5O/c1-6-20-19(22-14-18(23(4)5)16-7-8-16)21-13-17(15(2)3)24-9-11-25-12-10-24/h15-18H,6-14H2,1-5H3,(H2,20,21,22). The summed E-state index contributed by atoms with van der Waals surface area (Å²) in [6.45, 7) is 13.1. The Hall–Kier alpha value is -0.850. The van der Waals surface area contributed by atoms with Crippen molar-refractivity contribution in [1.82, 2.24) is 20.4 Å². The third kappa shape index (κ3) is 6.76. The maximum absolute atomic E-state index is 5.50. The Kier molecular flexibility index (Phi) is 8.46. The molecule has 1 aliphatic heterocycles. The highest BCUT2D eigenvalue weighted by atomic mass is 16.5. The first-order chi connectivity index (χ1) is 12.0. The Balaban J connectivity index is 1.91. The summed E-state index contributed by atoms with van der Waals surface area (Å²) in [6, 6.07) is 1.08. The molecule has 0 aromatic carbocycles. The second-order valence-corrected chi connectivity index (χ2v) is 7.93. The molecule has 0 aromatic heterocycles. The van der Waals surface area contributed by atoms with Crippen molar-refractivity contribution in [3.05, 3.63) is 0 Å². The van der Waals surface area contributed by atoms with Crippen LogP contribution in [0.1, 0.15) is 33.6 Å². The molecule has 2 aliphatic rings. The van der Waals surface area contributed by atoms with Gasteiger partial charge < -0.3 is 20.3 Å². The van der Waals surface area contributed by atoms with Gasteiger partial charge in [0.05, 0.1) is 19.8 Å². The van der Waals surface area contributed by atoms with Crippen LogP contribution in [0.2, 0.25) is 0 Å². The Bertz CT molecular complexity index is 401. The summed E-state index contributed by atoms with van der Waals surface area (Å²) in [6.07, 6.45) is 2.73.